The van der Waals surface area contributed by atoms with E-state index in [1.54, 1.807) is 42.5 Å². The van der Waals surface area contributed by atoms with Gasteiger partial charge < -0.3 is 10.1 Å². The van der Waals surface area contributed by atoms with Gasteiger partial charge in [-0.3, -0.25) is 9.59 Å². The summed E-state index contributed by atoms with van der Waals surface area (Å²) in [5.41, 5.74) is 0.904. The number of para-hydroxylation sites is 1. The molecule has 0 aliphatic rings. The van der Waals surface area contributed by atoms with E-state index in [9.17, 15) is 9.59 Å². The molecule has 0 aliphatic carbocycles. The lowest BCUT2D eigenvalue weighted by atomic mass is 10.2. The van der Waals surface area contributed by atoms with Gasteiger partial charge in [0.15, 0.2) is 12.9 Å². The first-order valence-electron chi connectivity index (χ1n) is 6.02. The standard InChI is InChI=1S/C15H11Cl2NO3/c16-12-6-5-11(7-13(12)17)18-15(20)9-21-14-4-2-1-3-10(14)8-19/h1-8H,9H2,(H,18,20). The van der Waals surface area contributed by atoms with Crippen molar-refractivity contribution in [2.75, 3.05) is 11.9 Å². The number of anilines is 1. The molecular formula is C15H11Cl2NO3. The fraction of sp³-hybridized carbons (Fsp3) is 0.0667. The van der Waals surface area contributed by atoms with Crippen molar-refractivity contribution in [3.8, 4) is 5.75 Å². The monoisotopic (exact) mass is 323 g/mol. The van der Waals surface area contributed by atoms with Gasteiger partial charge in [-0.2, -0.15) is 0 Å². The molecule has 0 saturated heterocycles. The van der Waals surface area contributed by atoms with E-state index in [0.29, 0.717) is 33.3 Å². The summed E-state index contributed by atoms with van der Waals surface area (Å²) < 4.78 is 5.31. The zero-order valence-electron chi connectivity index (χ0n) is 10.8. The maximum atomic E-state index is 11.8. The molecule has 2 rings (SSSR count). The number of carbonyl (C=O) groups excluding carboxylic acids is 2. The van der Waals surface area contributed by atoms with Crippen molar-refractivity contribution in [2.45, 2.75) is 0 Å². The van der Waals surface area contributed by atoms with Crippen LogP contribution in [0.3, 0.4) is 0 Å². The van der Waals surface area contributed by atoms with Gasteiger partial charge in [0, 0.05) is 5.69 Å². The second-order valence-electron chi connectivity index (χ2n) is 4.12. The molecule has 0 bridgehead atoms. The van der Waals surface area contributed by atoms with Gasteiger partial charge in [-0.1, -0.05) is 35.3 Å². The SMILES string of the molecule is O=Cc1ccccc1OCC(=O)Nc1ccc(Cl)c(Cl)c1. The van der Waals surface area contributed by atoms with E-state index in [1.807, 2.05) is 0 Å². The first-order valence-corrected chi connectivity index (χ1v) is 6.77. The number of aldehydes is 1. The van der Waals surface area contributed by atoms with E-state index in [1.165, 1.54) is 0 Å². The summed E-state index contributed by atoms with van der Waals surface area (Å²) in [5, 5.41) is 3.38. The Balaban J connectivity index is 1.96. The van der Waals surface area contributed by atoms with Crippen molar-refractivity contribution in [3.63, 3.8) is 0 Å². The van der Waals surface area contributed by atoms with Crippen molar-refractivity contribution < 1.29 is 14.3 Å². The number of benzene rings is 2. The van der Waals surface area contributed by atoms with E-state index in [4.69, 9.17) is 27.9 Å². The largest absolute Gasteiger partial charge is 0.483 e. The molecular weight excluding hydrogens is 313 g/mol. The lowest BCUT2D eigenvalue weighted by Gasteiger charge is -2.09. The Morgan fingerprint density at radius 2 is 1.90 bits per heavy atom. The van der Waals surface area contributed by atoms with E-state index < -0.39 is 0 Å². The van der Waals surface area contributed by atoms with E-state index >= 15 is 0 Å². The molecule has 4 nitrogen and oxygen atoms in total. The topological polar surface area (TPSA) is 55.4 Å². The second kappa shape index (κ2) is 7.11. The Bertz CT molecular complexity index is 674. The molecule has 0 aliphatic heterocycles. The normalized spacial score (nSPS) is 10.0. The Kier molecular flexibility index (Phi) is 5.20. The van der Waals surface area contributed by atoms with Crippen LogP contribution >= 0.6 is 23.2 Å². The third kappa shape index (κ3) is 4.21. The summed E-state index contributed by atoms with van der Waals surface area (Å²) >= 11 is 11.6. The average molecular weight is 324 g/mol. The minimum absolute atomic E-state index is 0.217. The van der Waals surface area contributed by atoms with Crippen LogP contribution in [0.5, 0.6) is 5.75 Å². The molecule has 21 heavy (non-hydrogen) atoms. The van der Waals surface area contributed by atoms with E-state index in [2.05, 4.69) is 5.32 Å². The first-order chi connectivity index (χ1) is 10.1. The lowest BCUT2D eigenvalue weighted by Crippen LogP contribution is -2.20. The van der Waals surface area contributed by atoms with Crippen molar-refractivity contribution in [2.24, 2.45) is 0 Å². The highest BCUT2D eigenvalue weighted by Gasteiger charge is 2.07. The second-order valence-corrected chi connectivity index (χ2v) is 4.94. The molecule has 0 saturated carbocycles. The van der Waals surface area contributed by atoms with Crippen LogP contribution in [-0.4, -0.2) is 18.8 Å². The van der Waals surface area contributed by atoms with Gasteiger partial charge in [-0.05, 0) is 30.3 Å². The van der Waals surface area contributed by atoms with Crippen LogP contribution in [0.15, 0.2) is 42.5 Å². The Morgan fingerprint density at radius 3 is 2.62 bits per heavy atom. The van der Waals surface area contributed by atoms with Gasteiger partial charge in [0.25, 0.3) is 5.91 Å². The van der Waals surface area contributed by atoms with Crippen LogP contribution in [0.25, 0.3) is 0 Å². The van der Waals surface area contributed by atoms with Crippen LogP contribution in [0.1, 0.15) is 10.4 Å². The number of ether oxygens (including phenoxy) is 1. The van der Waals surface area contributed by atoms with Gasteiger partial charge in [-0.25, -0.2) is 0 Å². The molecule has 0 atom stereocenters. The third-order valence-corrected chi connectivity index (χ3v) is 3.35. The summed E-state index contributed by atoms with van der Waals surface area (Å²) in [5.74, 6) is -0.00844. The fourth-order valence-electron chi connectivity index (χ4n) is 1.62. The molecule has 2 aromatic carbocycles. The predicted molar refractivity (Wildman–Crippen MR) is 82.4 cm³/mol. The molecule has 0 unspecified atom stereocenters. The zero-order valence-corrected chi connectivity index (χ0v) is 12.3. The molecule has 2 aromatic rings. The number of hydrogen-bond acceptors (Lipinski definition) is 3. The summed E-state index contributed by atoms with van der Waals surface area (Å²) in [6.07, 6.45) is 0.673. The summed E-state index contributed by atoms with van der Waals surface area (Å²) in [6, 6.07) is 11.4. The molecule has 0 fully saturated rings. The van der Waals surface area contributed by atoms with Crippen LogP contribution in [0, 0.1) is 0 Å². The maximum absolute atomic E-state index is 11.8. The molecule has 1 amide bonds. The van der Waals surface area contributed by atoms with Crippen LogP contribution in [-0.2, 0) is 4.79 Å². The third-order valence-electron chi connectivity index (χ3n) is 2.61. The molecule has 0 aromatic heterocycles. The molecule has 1 N–H and O–H groups in total. The van der Waals surface area contributed by atoms with Crippen LogP contribution < -0.4 is 10.1 Å². The number of halogens is 2. The molecule has 0 heterocycles. The van der Waals surface area contributed by atoms with E-state index in [0.717, 1.165) is 0 Å². The van der Waals surface area contributed by atoms with Gasteiger partial charge >= 0.3 is 0 Å². The van der Waals surface area contributed by atoms with Crippen molar-refractivity contribution in [1.29, 1.82) is 0 Å². The Hall–Kier alpha value is -2.04. The highest BCUT2D eigenvalue weighted by molar-refractivity contribution is 6.42. The first kappa shape index (κ1) is 15.4. The molecule has 6 heteroatoms. The van der Waals surface area contributed by atoms with Gasteiger partial charge in [-0.15, -0.1) is 0 Å². The predicted octanol–water partition coefficient (Wildman–Crippen LogP) is 3.82. The number of nitrogens with one attached hydrogen (secondary N) is 1. The average Bonchev–Trinajstić information content (AvgIpc) is 2.49. The fourth-order valence-corrected chi connectivity index (χ4v) is 1.92. The lowest BCUT2D eigenvalue weighted by molar-refractivity contribution is -0.118. The number of carbonyl (C=O) groups is 2. The summed E-state index contributed by atoms with van der Waals surface area (Å²) in [7, 11) is 0. The molecule has 0 radical (unpaired) electrons. The minimum Gasteiger partial charge on any atom is -0.483 e. The van der Waals surface area contributed by atoms with Crippen LogP contribution in [0.2, 0.25) is 10.0 Å². The summed E-state index contributed by atoms with van der Waals surface area (Å²) in [6.45, 7) is -0.217. The Morgan fingerprint density at radius 1 is 1.14 bits per heavy atom. The smallest absolute Gasteiger partial charge is 0.262 e. The highest BCUT2D eigenvalue weighted by atomic mass is 35.5. The van der Waals surface area contributed by atoms with Crippen molar-refractivity contribution in [1.82, 2.24) is 0 Å². The molecule has 0 spiro atoms. The van der Waals surface area contributed by atoms with Crippen molar-refractivity contribution >= 4 is 41.1 Å². The quantitative estimate of drug-likeness (QED) is 0.851. The number of amides is 1. The zero-order chi connectivity index (χ0) is 15.2. The van der Waals surface area contributed by atoms with Gasteiger partial charge in [0.05, 0.1) is 15.6 Å². The Labute approximate surface area is 131 Å². The maximum Gasteiger partial charge on any atom is 0.262 e. The van der Waals surface area contributed by atoms with Crippen LogP contribution in [0.4, 0.5) is 5.69 Å². The minimum atomic E-state index is -0.367. The number of hydrogen-bond donors (Lipinski definition) is 1. The summed E-state index contributed by atoms with van der Waals surface area (Å²) in [4.78, 5) is 22.6. The van der Waals surface area contributed by atoms with Gasteiger partial charge in [0.1, 0.15) is 5.75 Å². The molecule has 108 valence electrons. The van der Waals surface area contributed by atoms with Crippen molar-refractivity contribution in [3.05, 3.63) is 58.1 Å². The van der Waals surface area contributed by atoms with Gasteiger partial charge in [0.2, 0.25) is 0 Å². The number of rotatable bonds is 5. The van der Waals surface area contributed by atoms with E-state index in [-0.39, 0.29) is 12.5 Å². The highest BCUT2D eigenvalue weighted by Crippen LogP contribution is 2.25.